The quantitative estimate of drug-likeness (QED) is 0.533. The van der Waals surface area contributed by atoms with E-state index in [4.69, 9.17) is 4.52 Å². The Kier molecular flexibility index (Phi) is 5.63. The zero-order valence-corrected chi connectivity index (χ0v) is 17.7. The SMILES string of the molecule is CCCc1noc(CSc2nnc(-c3cc4c(s3)CCC(CC)C4)n2C)n1. The van der Waals surface area contributed by atoms with Gasteiger partial charge < -0.3 is 9.09 Å². The van der Waals surface area contributed by atoms with Gasteiger partial charge in [-0.15, -0.1) is 21.5 Å². The molecule has 0 bridgehead atoms. The summed E-state index contributed by atoms with van der Waals surface area (Å²) in [5, 5.41) is 13.7. The Hall–Kier alpha value is -1.67. The van der Waals surface area contributed by atoms with Crippen LogP contribution in [0.25, 0.3) is 10.7 Å². The predicted octanol–water partition coefficient (Wildman–Crippen LogP) is 4.69. The van der Waals surface area contributed by atoms with Crippen molar-refractivity contribution in [2.75, 3.05) is 0 Å². The molecule has 3 heterocycles. The van der Waals surface area contributed by atoms with Gasteiger partial charge >= 0.3 is 0 Å². The summed E-state index contributed by atoms with van der Waals surface area (Å²) in [6.45, 7) is 4.40. The fraction of sp³-hybridized carbons (Fsp3) is 0.579. The number of hydrogen-bond donors (Lipinski definition) is 0. The Morgan fingerprint density at radius 2 is 2.22 bits per heavy atom. The normalized spacial score (nSPS) is 16.6. The van der Waals surface area contributed by atoms with Crippen molar-refractivity contribution in [2.24, 2.45) is 13.0 Å². The topological polar surface area (TPSA) is 69.6 Å². The van der Waals surface area contributed by atoms with Crippen molar-refractivity contribution >= 4 is 23.1 Å². The van der Waals surface area contributed by atoms with Crippen LogP contribution in [0.4, 0.5) is 0 Å². The van der Waals surface area contributed by atoms with Crippen LogP contribution in [-0.4, -0.2) is 24.9 Å². The Balaban J connectivity index is 1.47. The van der Waals surface area contributed by atoms with Gasteiger partial charge in [0.05, 0.1) is 10.6 Å². The Morgan fingerprint density at radius 3 is 3.04 bits per heavy atom. The van der Waals surface area contributed by atoms with Crippen molar-refractivity contribution in [3.63, 3.8) is 0 Å². The van der Waals surface area contributed by atoms with Crippen molar-refractivity contribution in [1.29, 1.82) is 0 Å². The van der Waals surface area contributed by atoms with E-state index in [1.54, 1.807) is 11.8 Å². The standard InChI is InChI=1S/C19H25N5OS2/c1-4-6-16-20-17(25-23-16)11-26-19-22-21-18(24(19)3)15-10-13-9-12(5-2)7-8-14(13)27-15/h10,12H,4-9,11H2,1-3H3. The molecule has 144 valence electrons. The van der Waals surface area contributed by atoms with Gasteiger partial charge in [0.1, 0.15) is 0 Å². The monoisotopic (exact) mass is 403 g/mol. The third-order valence-electron chi connectivity index (χ3n) is 5.13. The zero-order chi connectivity index (χ0) is 18.8. The molecule has 1 aliphatic carbocycles. The van der Waals surface area contributed by atoms with E-state index in [1.807, 2.05) is 18.4 Å². The molecule has 3 aromatic rings. The second kappa shape index (κ2) is 8.14. The maximum absolute atomic E-state index is 5.31. The van der Waals surface area contributed by atoms with Crippen molar-refractivity contribution in [3.05, 3.63) is 28.2 Å². The number of aryl methyl sites for hydroxylation is 2. The van der Waals surface area contributed by atoms with E-state index in [9.17, 15) is 0 Å². The molecule has 0 saturated heterocycles. The third kappa shape index (κ3) is 3.96. The fourth-order valence-corrected chi connectivity index (χ4v) is 5.49. The molecule has 0 spiro atoms. The van der Waals surface area contributed by atoms with Crippen LogP contribution in [0.15, 0.2) is 15.7 Å². The van der Waals surface area contributed by atoms with Gasteiger partial charge in [-0.2, -0.15) is 4.98 Å². The second-order valence-corrected chi connectivity index (χ2v) is 9.16. The number of fused-ring (bicyclic) bond motifs is 1. The lowest BCUT2D eigenvalue weighted by atomic mass is 9.87. The second-order valence-electron chi connectivity index (χ2n) is 7.08. The largest absolute Gasteiger partial charge is 0.338 e. The van der Waals surface area contributed by atoms with E-state index in [1.165, 1.54) is 41.0 Å². The van der Waals surface area contributed by atoms with Gasteiger partial charge in [0, 0.05) is 18.3 Å². The summed E-state index contributed by atoms with van der Waals surface area (Å²) in [6, 6.07) is 2.33. The molecule has 0 aromatic carbocycles. The number of thiophene rings is 1. The van der Waals surface area contributed by atoms with E-state index < -0.39 is 0 Å². The molecule has 6 nitrogen and oxygen atoms in total. The highest BCUT2D eigenvalue weighted by Gasteiger charge is 2.22. The molecule has 0 N–H and O–H groups in total. The first kappa shape index (κ1) is 18.7. The Bertz CT molecular complexity index is 913. The van der Waals surface area contributed by atoms with Gasteiger partial charge in [0.25, 0.3) is 0 Å². The molecule has 0 aliphatic heterocycles. The molecular formula is C19H25N5OS2. The molecule has 27 heavy (non-hydrogen) atoms. The molecular weight excluding hydrogens is 378 g/mol. The highest BCUT2D eigenvalue weighted by atomic mass is 32.2. The maximum atomic E-state index is 5.31. The van der Waals surface area contributed by atoms with Crippen molar-refractivity contribution in [2.45, 2.75) is 63.3 Å². The first-order valence-electron chi connectivity index (χ1n) is 9.63. The lowest BCUT2D eigenvalue weighted by Gasteiger charge is -2.19. The number of aromatic nitrogens is 5. The molecule has 4 rings (SSSR count). The van der Waals surface area contributed by atoms with Crippen LogP contribution in [-0.2, 0) is 32.1 Å². The van der Waals surface area contributed by atoms with Crippen LogP contribution in [0, 0.1) is 5.92 Å². The van der Waals surface area contributed by atoms with E-state index in [2.05, 4.69) is 44.8 Å². The van der Waals surface area contributed by atoms with Gasteiger partial charge in [0.15, 0.2) is 16.8 Å². The summed E-state index contributed by atoms with van der Waals surface area (Å²) in [4.78, 5) is 7.17. The molecule has 0 fully saturated rings. The van der Waals surface area contributed by atoms with Crippen LogP contribution >= 0.6 is 23.1 Å². The van der Waals surface area contributed by atoms with Gasteiger partial charge in [-0.1, -0.05) is 37.2 Å². The van der Waals surface area contributed by atoms with Crippen LogP contribution < -0.4 is 0 Å². The lowest BCUT2D eigenvalue weighted by Crippen LogP contribution is -2.10. The maximum Gasteiger partial charge on any atom is 0.237 e. The molecule has 1 atom stereocenters. The predicted molar refractivity (Wildman–Crippen MR) is 108 cm³/mol. The molecule has 0 saturated carbocycles. The van der Waals surface area contributed by atoms with E-state index in [-0.39, 0.29) is 0 Å². The fourth-order valence-electron chi connectivity index (χ4n) is 3.51. The number of rotatable bonds is 7. The summed E-state index contributed by atoms with van der Waals surface area (Å²) in [5.74, 6) is 3.81. The van der Waals surface area contributed by atoms with Crippen LogP contribution in [0.2, 0.25) is 0 Å². The molecule has 0 radical (unpaired) electrons. The summed E-state index contributed by atoms with van der Waals surface area (Å²) >= 11 is 3.46. The van der Waals surface area contributed by atoms with Crippen molar-refractivity contribution < 1.29 is 4.52 Å². The molecule has 3 aromatic heterocycles. The summed E-state index contributed by atoms with van der Waals surface area (Å²) in [6.07, 6.45) is 6.86. The first-order chi connectivity index (χ1) is 13.2. The van der Waals surface area contributed by atoms with Crippen molar-refractivity contribution in [3.8, 4) is 10.7 Å². The summed E-state index contributed by atoms with van der Waals surface area (Å²) < 4.78 is 7.38. The molecule has 8 heteroatoms. The lowest BCUT2D eigenvalue weighted by molar-refractivity contribution is 0.384. The number of thioether (sulfide) groups is 1. The van der Waals surface area contributed by atoms with E-state index >= 15 is 0 Å². The third-order valence-corrected chi connectivity index (χ3v) is 7.36. The van der Waals surface area contributed by atoms with Crippen LogP contribution in [0.3, 0.4) is 0 Å². The Morgan fingerprint density at radius 1 is 1.33 bits per heavy atom. The van der Waals surface area contributed by atoms with Gasteiger partial charge in [-0.05, 0) is 43.2 Å². The summed E-state index contributed by atoms with van der Waals surface area (Å²) in [5.41, 5.74) is 1.51. The van der Waals surface area contributed by atoms with E-state index in [0.29, 0.717) is 11.6 Å². The minimum atomic E-state index is 0.613. The van der Waals surface area contributed by atoms with Gasteiger partial charge in [-0.3, -0.25) is 0 Å². The smallest absolute Gasteiger partial charge is 0.237 e. The van der Waals surface area contributed by atoms with Crippen LogP contribution in [0.5, 0.6) is 0 Å². The van der Waals surface area contributed by atoms with Gasteiger partial charge in [-0.25, -0.2) is 0 Å². The number of nitrogens with zero attached hydrogens (tertiary/aromatic N) is 5. The highest BCUT2D eigenvalue weighted by Crippen LogP contribution is 2.38. The minimum Gasteiger partial charge on any atom is -0.338 e. The Labute approximate surface area is 167 Å². The highest BCUT2D eigenvalue weighted by molar-refractivity contribution is 7.98. The average molecular weight is 404 g/mol. The minimum absolute atomic E-state index is 0.613. The molecule has 1 aliphatic rings. The zero-order valence-electron chi connectivity index (χ0n) is 16.1. The van der Waals surface area contributed by atoms with Gasteiger partial charge in [0.2, 0.25) is 5.89 Å². The molecule has 0 amide bonds. The average Bonchev–Trinajstić information content (AvgIpc) is 3.38. The first-order valence-corrected chi connectivity index (χ1v) is 11.4. The molecule has 1 unspecified atom stereocenters. The van der Waals surface area contributed by atoms with Crippen molar-refractivity contribution in [1.82, 2.24) is 24.9 Å². The summed E-state index contributed by atoms with van der Waals surface area (Å²) in [7, 11) is 2.03. The van der Waals surface area contributed by atoms with Crippen LogP contribution in [0.1, 0.15) is 55.3 Å². The van der Waals surface area contributed by atoms with E-state index in [0.717, 1.165) is 35.6 Å². The number of hydrogen-bond acceptors (Lipinski definition) is 7.